The molecule has 2 N–H and O–H groups in total. The summed E-state index contributed by atoms with van der Waals surface area (Å²) in [7, 11) is 0. The molecule has 2 rings (SSSR count). The third kappa shape index (κ3) is 0.994. The van der Waals surface area contributed by atoms with Gasteiger partial charge in [-0.1, -0.05) is 17.0 Å². The first-order valence-electron chi connectivity index (χ1n) is 3.58. The molecule has 0 aromatic heterocycles. The molecule has 1 heterocycles. The lowest BCUT2D eigenvalue weighted by Crippen LogP contribution is -2.28. The number of para-hydroxylation sites is 2. The lowest BCUT2D eigenvalue weighted by molar-refractivity contribution is -0.501. The van der Waals surface area contributed by atoms with Crippen LogP contribution in [0.2, 0.25) is 0 Å². The largest absolute Gasteiger partial charge is 0.502 e. The molecule has 1 aromatic rings. The zero-order valence-corrected chi connectivity index (χ0v) is 6.54. The summed E-state index contributed by atoms with van der Waals surface area (Å²) in [4.78, 5) is 22.7. The van der Waals surface area contributed by atoms with Crippen molar-refractivity contribution in [2.75, 3.05) is 0 Å². The normalized spacial score (nSPS) is 15.2. The first kappa shape index (κ1) is 7.53. The van der Waals surface area contributed by atoms with E-state index in [1.165, 1.54) is 12.1 Å². The van der Waals surface area contributed by atoms with Crippen molar-refractivity contribution < 1.29 is 9.63 Å². The second kappa shape index (κ2) is 2.44. The highest BCUT2D eigenvalue weighted by atomic mass is 16.3. The minimum Gasteiger partial charge on any atom is -0.279 e. The number of hydrogen-bond donors (Lipinski definition) is 1. The number of hydrazone groups is 1. The van der Waals surface area contributed by atoms with Gasteiger partial charge >= 0.3 is 11.6 Å². The fourth-order valence-corrected chi connectivity index (χ4v) is 1.11. The number of hydrogen-bond acceptors (Lipinski definition) is 3. The van der Waals surface area contributed by atoms with Crippen LogP contribution in [0.15, 0.2) is 29.4 Å². The fraction of sp³-hybridized carbons (Fsp3) is 0. The summed E-state index contributed by atoms with van der Waals surface area (Å²) in [6, 6.07) is 6.31. The van der Waals surface area contributed by atoms with Crippen LogP contribution in [0.3, 0.4) is 0 Å². The van der Waals surface area contributed by atoms with Gasteiger partial charge in [0.25, 0.3) is 9.97 Å². The van der Waals surface area contributed by atoms with Crippen LogP contribution >= 0.6 is 0 Å². The molecule has 0 amide bonds. The van der Waals surface area contributed by atoms with Crippen LogP contribution in [0, 0.1) is 9.81 Å². The highest BCUT2D eigenvalue weighted by molar-refractivity contribution is 5.74. The summed E-state index contributed by atoms with van der Waals surface area (Å²) in [6.45, 7) is 0. The van der Waals surface area contributed by atoms with E-state index in [4.69, 9.17) is 5.73 Å². The van der Waals surface area contributed by atoms with Crippen LogP contribution in [-0.4, -0.2) is 15.6 Å². The molecule has 64 valence electrons. The number of fused-ring (bicyclic) bond motifs is 1. The predicted molar refractivity (Wildman–Crippen MR) is 44.6 cm³/mol. The van der Waals surface area contributed by atoms with Gasteiger partial charge in [-0.25, -0.2) is 0 Å². The first-order valence-corrected chi connectivity index (χ1v) is 3.58. The molecule has 6 heteroatoms. The van der Waals surface area contributed by atoms with Crippen LogP contribution in [0.5, 0.6) is 0 Å². The third-order valence-corrected chi connectivity index (χ3v) is 1.71. The molecular weight excluding hydrogens is 172 g/mol. The van der Waals surface area contributed by atoms with E-state index in [0.29, 0.717) is 9.63 Å². The number of nitroso groups, excluding NO2 is 2. The van der Waals surface area contributed by atoms with E-state index in [1.807, 2.05) is 0 Å². The minimum absolute atomic E-state index is 0.201. The van der Waals surface area contributed by atoms with Crippen LogP contribution in [-0.2, 0) is 0 Å². The smallest absolute Gasteiger partial charge is 0.279 e. The Labute approximate surface area is 72.8 Å². The lowest BCUT2D eigenvalue weighted by atomic mass is 10.2. The number of benzene rings is 1. The van der Waals surface area contributed by atoms with Crippen molar-refractivity contribution in [3.05, 3.63) is 34.1 Å². The van der Waals surface area contributed by atoms with Crippen molar-refractivity contribution in [2.45, 2.75) is 0 Å². The Morgan fingerprint density at radius 2 is 1.77 bits per heavy atom. The molecule has 0 fully saturated rings. The number of nitrogens with two attached hydrogens (primary N) is 1. The van der Waals surface area contributed by atoms with E-state index in [9.17, 15) is 9.81 Å². The lowest BCUT2D eigenvalue weighted by Gasteiger charge is -1.96. The molecule has 0 atom stereocenters. The summed E-state index contributed by atoms with van der Waals surface area (Å²) in [5.41, 5.74) is 5.62. The SMILES string of the molecule is NC1=N[N+](=O)c2ccccc2[N+]1=O. The van der Waals surface area contributed by atoms with Crippen LogP contribution in [0.4, 0.5) is 11.4 Å². The maximum absolute atomic E-state index is 11.3. The number of guanidine groups is 1. The summed E-state index contributed by atoms with van der Waals surface area (Å²) in [6.07, 6.45) is 0. The number of rotatable bonds is 0. The summed E-state index contributed by atoms with van der Waals surface area (Å²) in [5, 5.41) is 3.29. The van der Waals surface area contributed by atoms with E-state index in [1.54, 1.807) is 12.1 Å². The molecule has 0 aliphatic carbocycles. The van der Waals surface area contributed by atoms with E-state index in [0.717, 1.165) is 0 Å². The Bertz CT molecular complexity index is 438. The Hall–Kier alpha value is -2.11. The zero-order valence-electron chi connectivity index (χ0n) is 6.54. The molecule has 13 heavy (non-hydrogen) atoms. The molecule has 0 bridgehead atoms. The molecule has 0 spiro atoms. The van der Waals surface area contributed by atoms with Crippen molar-refractivity contribution in [1.82, 2.24) is 0 Å². The topological polar surface area (TPSA) is 78.5 Å². The van der Waals surface area contributed by atoms with Gasteiger partial charge in [-0.3, -0.25) is 5.73 Å². The fourth-order valence-electron chi connectivity index (χ4n) is 1.11. The van der Waals surface area contributed by atoms with Gasteiger partial charge in [-0.2, -0.15) is 0 Å². The highest BCUT2D eigenvalue weighted by Gasteiger charge is 2.38. The quantitative estimate of drug-likeness (QED) is 0.595. The molecule has 1 aliphatic rings. The van der Waals surface area contributed by atoms with Crippen LogP contribution in [0.25, 0.3) is 0 Å². The standard InChI is InChI=1S/C7H6N4O2/c8-7-9-11(13)6-4-2-1-3-5(6)10(7)12/h1-4H,(H2,8,9,13)/q+2. The maximum atomic E-state index is 11.3. The Kier molecular flexibility index (Phi) is 1.42. The average molecular weight is 178 g/mol. The van der Waals surface area contributed by atoms with Gasteiger partial charge in [0.15, 0.2) is 0 Å². The summed E-state index contributed by atoms with van der Waals surface area (Å²) >= 11 is 0. The molecule has 0 saturated carbocycles. The van der Waals surface area contributed by atoms with E-state index in [2.05, 4.69) is 5.10 Å². The highest BCUT2D eigenvalue weighted by Crippen LogP contribution is 2.28. The summed E-state index contributed by atoms with van der Waals surface area (Å²) in [5.74, 6) is -0.353. The molecule has 1 aromatic carbocycles. The average Bonchev–Trinajstić information content (AvgIpc) is 2.15. The maximum Gasteiger partial charge on any atom is 0.502 e. The van der Waals surface area contributed by atoms with Crippen LogP contribution in [0.1, 0.15) is 0 Å². The second-order valence-electron chi connectivity index (χ2n) is 2.51. The molecule has 1 aliphatic heterocycles. The third-order valence-electron chi connectivity index (χ3n) is 1.71. The van der Waals surface area contributed by atoms with Gasteiger partial charge in [-0.05, 0) is 6.07 Å². The first-order chi connectivity index (χ1) is 6.20. The van der Waals surface area contributed by atoms with Gasteiger partial charge in [0, 0.05) is 10.8 Å². The Morgan fingerprint density at radius 1 is 1.15 bits per heavy atom. The van der Waals surface area contributed by atoms with Crippen molar-refractivity contribution in [1.29, 1.82) is 0 Å². The summed E-state index contributed by atoms with van der Waals surface area (Å²) < 4.78 is 0.420. The Morgan fingerprint density at radius 3 is 2.46 bits per heavy atom. The van der Waals surface area contributed by atoms with Crippen LogP contribution < -0.4 is 5.73 Å². The van der Waals surface area contributed by atoms with Gasteiger partial charge in [0.1, 0.15) is 0 Å². The molecule has 0 saturated heterocycles. The second-order valence-corrected chi connectivity index (χ2v) is 2.51. The molecule has 6 nitrogen and oxygen atoms in total. The van der Waals surface area contributed by atoms with E-state index < -0.39 is 0 Å². The minimum atomic E-state index is -0.353. The van der Waals surface area contributed by atoms with Gasteiger partial charge in [-0.15, -0.1) is 0 Å². The monoisotopic (exact) mass is 178 g/mol. The van der Waals surface area contributed by atoms with Gasteiger partial charge in [0.2, 0.25) is 5.69 Å². The van der Waals surface area contributed by atoms with Crippen molar-refractivity contribution >= 4 is 17.3 Å². The van der Waals surface area contributed by atoms with Gasteiger partial charge < -0.3 is 0 Å². The predicted octanol–water partition coefficient (Wildman–Crippen LogP) is 0.751. The number of nitrogens with zero attached hydrogens (tertiary/aromatic N) is 3. The molecule has 0 unspecified atom stereocenters. The van der Waals surface area contributed by atoms with E-state index >= 15 is 0 Å². The molecular formula is C7H6N4O2+2. The van der Waals surface area contributed by atoms with Crippen molar-refractivity contribution in [3.8, 4) is 0 Å². The van der Waals surface area contributed by atoms with Crippen molar-refractivity contribution in [3.63, 3.8) is 0 Å². The van der Waals surface area contributed by atoms with E-state index in [-0.39, 0.29) is 17.3 Å². The Balaban J connectivity index is 2.69. The zero-order chi connectivity index (χ0) is 9.42. The van der Waals surface area contributed by atoms with Gasteiger partial charge in [0.05, 0.1) is 4.91 Å². The van der Waals surface area contributed by atoms with Crippen molar-refractivity contribution in [2.24, 2.45) is 10.8 Å². The molecule has 0 radical (unpaired) electrons.